The zero-order valence-corrected chi connectivity index (χ0v) is 19.8. The molecular weight excluding hydrogens is 438 g/mol. The molecule has 6 heteroatoms. The lowest BCUT2D eigenvalue weighted by Gasteiger charge is -2.28. The maximum Gasteiger partial charge on any atom is 0.250 e. The van der Waals surface area contributed by atoms with Crippen molar-refractivity contribution < 1.29 is 14.3 Å². The third-order valence-electron chi connectivity index (χ3n) is 6.20. The number of nitrogens with zero attached hydrogens (tertiary/aromatic N) is 3. The molecule has 0 fully saturated rings. The van der Waals surface area contributed by atoms with Crippen molar-refractivity contribution >= 4 is 17.7 Å². The first-order chi connectivity index (χ1) is 17.2. The molecule has 176 valence electrons. The van der Waals surface area contributed by atoms with E-state index in [9.17, 15) is 4.79 Å². The van der Waals surface area contributed by atoms with Crippen LogP contribution in [0.2, 0.25) is 0 Å². The minimum absolute atomic E-state index is 0.0390. The number of aromatic nitrogens is 2. The number of anilines is 1. The molecule has 3 aromatic carbocycles. The van der Waals surface area contributed by atoms with Crippen LogP contribution in [0.4, 0.5) is 5.69 Å². The fourth-order valence-electron chi connectivity index (χ4n) is 4.44. The molecule has 5 rings (SSSR count). The van der Waals surface area contributed by atoms with E-state index in [1.165, 1.54) is 5.56 Å². The van der Waals surface area contributed by atoms with Crippen molar-refractivity contribution in [3.63, 3.8) is 0 Å². The number of benzene rings is 3. The molecule has 0 atom stereocenters. The fourth-order valence-corrected chi connectivity index (χ4v) is 4.44. The third-order valence-corrected chi connectivity index (χ3v) is 6.20. The van der Waals surface area contributed by atoms with Crippen molar-refractivity contribution in [2.45, 2.75) is 12.8 Å². The van der Waals surface area contributed by atoms with E-state index < -0.39 is 0 Å². The van der Waals surface area contributed by atoms with Crippen molar-refractivity contribution in [3.8, 4) is 28.4 Å². The molecule has 1 amide bonds. The number of aryl methyl sites for hydroxylation is 1. The van der Waals surface area contributed by atoms with Gasteiger partial charge in [0.2, 0.25) is 0 Å². The lowest BCUT2D eigenvalue weighted by Crippen LogP contribution is -2.34. The van der Waals surface area contributed by atoms with Crippen LogP contribution in [-0.2, 0) is 11.2 Å². The molecule has 0 aliphatic carbocycles. The summed E-state index contributed by atoms with van der Waals surface area (Å²) in [6.45, 7) is 0.714. The van der Waals surface area contributed by atoms with Crippen LogP contribution in [0, 0.1) is 0 Å². The lowest BCUT2D eigenvalue weighted by atomic mass is 10.0. The SMILES string of the molecule is COc1ccc(-c2nn(-c3ccccc3)cc2C=CC(=O)N2CCCc3ccccc32)cc1OC. The van der Waals surface area contributed by atoms with Gasteiger partial charge >= 0.3 is 0 Å². The van der Waals surface area contributed by atoms with Crippen molar-refractivity contribution in [1.29, 1.82) is 0 Å². The standard InChI is InChI=1S/C29H27N3O3/c1-34-26-16-14-22(19-27(26)35-2)29-23(20-32(30-29)24-11-4-3-5-12-24)15-17-28(33)31-18-8-10-21-9-6-7-13-25(21)31/h3-7,9,11-17,19-20H,8,10,18H2,1-2H3. The average molecular weight is 466 g/mol. The molecule has 0 radical (unpaired) electrons. The Balaban J connectivity index is 1.52. The number of methoxy groups -OCH3 is 2. The molecule has 0 saturated heterocycles. The number of rotatable bonds is 6. The van der Waals surface area contributed by atoms with Gasteiger partial charge in [0.1, 0.15) is 5.69 Å². The van der Waals surface area contributed by atoms with Gasteiger partial charge in [0.25, 0.3) is 5.91 Å². The molecule has 1 aromatic heterocycles. The number of hydrogen-bond donors (Lipinski definition) is 0. The van der Waals surface area contributed by atoms with Crippen LogP contribution >= 0.6 is 0 Å². The minimum atomic E-state index is -0.0390. The Morgan fingerprint density at radius 2 is 1.71 bits per heavy atom. The Morgan fingerprint density at radius 1 is 0.943 bits per heavy atom. The summed E-state index contributed by atoms with van der Waals surface area (Å²) in [5, 5.41) is 4.85. The van der Waals surface area contributed by atoms with E-state index in [2.05, 4.69) is 6.07 Å². The monoisotopic (exact) mass is 465 g/mol. The van der Waals surface area contributed by atoms with Crippen LogP contribution in [0.1, 0.15) is 17.5 Å². The Bertz CT molecular complexity index is 1380. The predicted octanol–water partition coefficient (Wildman–Crippen LogP) is 5.55. The normalized spacial score (nSPS) is 13.0. The van der Waals surface area contributed by atoms with E-state index in [4.69, 9.17) is 14.6 Å². The summed E-state index contributed by atoms with van der Waals surface area (Å²) in [6.07, 6.45) is 7.38. The van der Waals surface area contributed by atoms with Gasteiger partial charge < -0.3 is 14.4 Å². The number of amides is 1. The summed E-state index contributed by atoms with van der Waals surface area (Å²) in [6, 6.07) is 23.7. The van der Waals surface area contributed by atoms with Crippen molar-refractivity contribution in [3.05, 3.63) is 96.2 Å². The number of carbonyl (C=O) groups excluding carboxylic acids is 1. The second-order valence-corrected chi connectivity index (χ2v) is 8.34. The highest BCUT2D eigenvalue weighted by molar-refractivity contribution is 6.05. The zero-order chi connectivity index (χ0) is 24.2. The summed E-state index contributed by atoms with van der Waals surface area (Å²) in [5.74, 6) is 1.23. The van der Waals surface area contributed by atoms with Crippen molar-refractivity contribution in [1.82, 2.24) is 9.78 Å². The Hall–Kier alpha value is -4.32. The lowest BCUT2D eigenvalue weighted by molar-refractivity contribution is -0.114. The predicted molar refractivity (Wildman–Crippen MR) is 138 cm³/mol. The average Bonchev–Trinajstić information content (AvgIpc) is 3.35. The molecule has 6 nitrogen and oxygen atoms in total. The number of fused-ring (bicyclic) bond motifs is 1. The van der Waals surface area contributed by atoms with Crippen LogP contribution in [-0.4, -0.2) is 36.5 Å². The first-order valence-electron chi connectivity index (χ1n) is 11.6. The topological polar surface area (TPSA) is 56.6 Å². The molecule has 4 aromatic rings. The molecule has 0 saturated carbocycles. The van der Waals surface area contributed by atoms with Crippen molar-refractivity contribution in [2.75, 3.05) is 25.7 Å². The molecule has 2 heterocycles. The Labute approximate surface area is 205 Å². The zero-order valence-electron chi connectivity index (χ0n) is 19.8. The van der Waals surface area contributed by atoms with Gasteiger partial charge in [-0.05, 0) is 60.9 Å². The minimum Gasteiger partial charge on any atom is -0.493 e. The summed E-state index contributed by atoms with van der Waals surface area (Å²) in [5.41, 5.74) is 5.59. The number of para-hydroxylation sites is 2. The molecule has 0 unspecified atom stereocenters. The molecule has 0 spiro atoms. The highest BCUT2D eigenvalue weighted by atomic mass is 16.5. The quantitative estimate of drug-likeness (QED) is 0.351. The molecule has 0 N–H and O–H groups in total. The van der Waals surface area contributed by atoms with E-state index in [1.807, 2.05) is 88.6 Å². The molecule has 35 heavy (non-hydrogen) atoms. The number of ether oxygens (including phenoxy) is 2. The van der Waals surface area contributed by atoms with E-state index in [0.717, 1.165) is 41.0 Å². The first kappa shape index (κ1) is 22.5. The van der Waals surface area contributed by atoms with Gasteiger partial charge in [-0.2, -0.15) is 5.10 Å². The molecule has 1 aliphatic rings. The second-order valence-electron chi connectivity index (χ2n) is 8.34. The van der Waals surface area contributed by atoms with Gasteiger partial charge in [-0.3, -0.25) is 4.79 Å². The summed E-state index contributed by atoms with van der Waals surface area (Å²) >= 11 is 0. The Morgan fingerprint density at radius 3 is 2.51 bits per heavy atom. The first-order valence-corrected chi connectivity index (χ1v) is 11.6. The van der Waals surface area contributed by atoms with E-state index in [-0.39, 0.29) is 5.91 Å². The molecular formula is C29H27N3O3. The highest BCUT2D eigenvalue weighted by Gasteiger charge is 2.21. The summed E-state index contributed by atoms with van der Waals surface area (Å²) in [4.78, 5) is 15.1. The van der Waals surface area contributed by atoms with Gasteiger partial charge in [0, 0.05) is 35.6 Å². The van der Waals surface area contributed by atoms with Gasteiger partial charge in [0.15, 0.2) is 11.5 Å². The van der Waals surface area contributed by atoms with Gasteiger partial charge in [0.05, 0.1) is 19.9 Å². The fraction of sp³-hybridized carbons (Fsp3) is 0.172. The van der Waals surface area contributed by atoms with Gasteiger partial charge in [-0.25, -0.2) is 4.68 Å². The van der Waals surface area contributed by atoms with Gasteiger partial charge in [-0.1, -0.05) is 36.4 Å². The van der Waals surface area contributed by atoms with Crippen LogP contribution in [0.5, 0.6) is 11.5 Å². The summed E-state index contributed by atoms with van der Waals surface area (Å²) < 4.78 is 12.7. The van der Waals surface area contributed by atoms with E-state index in [1.54, 1.807) is 20.3 Å². The highest BCUT2D eigenvalue weighted by Crippen LogP contribution is 2.34. The summed E-state index contributed by atoms with van der Waals surface area (Å²) in [7, 11) is 3.22. The molecule has 1 aliphatic heterocycles. The van der Waals surface area contributed by atoms with E-state index in [0.29, 0.717) is 18.0 Å². The van der Waals surface area contributed by atoms with E-state index >= 15 is 0 Å². The number of hydrogen-bond acceptors (Lipinski definition) is 4. The smallest absolute Gasteiger partial charge is 0.250 e. The number of carbonyl (C=O) groups is 1. The van der Waals surface area contributed by atoms with Crippen LogP contribution in [0.15, 0.2) is 85.1 Å². The maximum absolute atomic E-state index is 13.2. The van der Waals surface area contributed by atoms with Crippen molar-refractivity contribution in [2.24, 2.45) is 0 Å². The Kier molecular flexibility index (Phi) is 6.35. The van der Waals surface area contributed by atoms with Gasteiger partial charge in [-0.15, -0.1) is 0 Å². The largest absolute Gasteiger partial charge is 0.493 e. The van der Waals surface area contributed by atoms with Crippen LogP contribution in [0.3, 0.4) is 0 Å². The third kappa shape index (κ3) is 4.55. The molecule has 0 bridgehead atoms. The van der Waals surface area contributed by atoms with Crippen LogP contribution in [0.25, 0.3) is 23.0 Å². The van der Waals surface area contributed by atoms with Crippen LogP contribution < -0.4 is 14.4 Å². The second kappa shape index (κ2) is 9.89. The maximum atomic E-state index is 13.2.